The summed E-state index contributed by atoms with van der Waals surface area (Å²) in [6.07, 6.45) is 0. The highest BCUT2D eigenvalue weighted by atomic mass is 16.6. The van der Waals surface area contributed by atoms with Crippen molar-refractivity contribution in [2.24, 2.45) is 0 Å². The summed E-state index contributed by atoms with van der Waals surface area (Å²) in [5.74, 6) is 1.08. The topological polar surface area (TPSA) is 82.6 Å². The van der Waals surface area contributed by atoms with Crippen molar-refractivity contribution in [2.45, 2.75) is 0 Å². The molecule has 0 spiro atoms. The lowest BCUT2D eigenvalue weighted by Gasteiger charge is -2.15. The van der Waals surface area contributed by atoms with Gasteiger partial charge in [-0.15, -0.1) is 0 Å². The Bertz CT molecular complexity index is 1160. The summed E-state index contributed by atoms with van der Waals surface area (Å²) in [6.45, 7) is 0. The molecule has 6 heteroatoms. The van der Waals surface area contributed by atoms with Gasteiger partial charge >= 0.3 is 0 Å². The molecule has 0 N–H and O–H groups in total. The Morgan fingerprint density at radius 2 is 1.77 bits per heavy atom. The Labute approximate surface area is 147 Å². The fraction of sp³-hybridized carbons (Fsp3) is 0.0500. The van der Waals surface area contributed by atoms with E-state index < -0.39 is 4.92 Å². The fourth-order valence-electron chi connectivity index (χ4n) is 3.04. The van der Waals surface area contributed by atoms with E-state index in [9.17, 15) is 14.9 Å². The summed E-state index contributed by atoms with van der Waals surface area (Å²) in [4.78, 5) is 22.2. The molecule has 0 amide bonds. The number of methoxy groups -OCH3 is 1. The smallest absolute Gasteiger partial charge is 0.269 e. The number of nitro benzene ring substituents is 1. The van der Waals surface area contributed by atoms with Crippen LogP contribution in [0.5, 0.6) is 5.75 Å². The number of hydrogen-bond donors (Lipinski definition) is 0. The molecule has 0 radical (unpaired) electrons. The van der Waals surface area contributed by atoms with Crippen molar-refractivity contribution in [1.82, 2.24) is 0 Å². The van der Waals surface area contributed by atoms with Crippen molar-refractivity contribution >= 4 is 16.7 Å². The molecular weight excluding hydrogens is 334 g/mol. The molecule has 6 nitrogen and oxygen atoms in total. The summed E-state index contributed by atoms with van der Waals surface area (Å²) in [7, 11) is 1.56. The lowest BCUT2D eigenvalue weighted by molar-refractivity contribution is -0.384. The Balaban J connectivity index is 2.07. The van der Waals surface area contributed by atoms with Gasteiger partial charge in [0.25, 0.3) is 5.69 Å². The lowest BCUT2D eigenvalue weighted by Crippen LogP contribution is -2.00. The van der Waals surface area contributed by atoms with Crippen molar-refractivity contribution in [3.8, 4) is 28.2 Å². The minimum absolute atomic E-state index is 0.0199. The van der Waals surface area contributed by atoms with Gasteiger partial charge in [-0.3, -0.25) is 14.9 Å². The SMILES string of the molecule is COc1ccc2c(-c3ccc([N+](=O)[O-])cc3)c3ccc(=O)cc-3oc2c1. The molecule has 0 unspecified atom stereocenters. The third kappa shape index (κ3) is 2.57. The van der Waals surface area contributed by atoms with Crippen molar-refractivity contribution in [3.63, 3.8) is 0 Å². The Morgan fingerprint density at radius 1 is 1.00 bits per heavy atom. The first-order chi connectivity index (χ1) is 12.6. The van der Waals surface area contributed by atoms with Gasteiger partial charge in [-0.1, -0.05) is 0 Å². The van der Waals surface area contributed by atoms with E-state index in [1.165, 1.54) is 24.3 Å². The third-order valence-corrected chi connectivity index (χ3v) is 4.27. The average molecular weight is 347 g/mol. The number of rotatable bonds is 3. The minimum atomic E-state index is -0.436. The van der Waals surface area contributed by atoms with Crippen LogP contribution in [0.4, 0.5) is 5.69 Å². The Kier molecular flexibility index (Phi) is 3.65. The van der Waals surface area contributed by atoms with Gasteiger partial charge in [0.1, 0.15) is 17.1 Å². The van der Waals surface area contributed by atoms with Crippen LogP contribution < -0.4 is 10.2 Å². The predicted molar refractivity (Wildman–Crippen MR) is 97.7 cm³/mol. The first kappa shape index (κ1) is 15.8. The van der Waals surface area contributed by atoms with Gasteiger partial charge in [-0.05, 0) is 42.0 Å². The zero-order valence-electron chi connectivity index (χ0n) is 13.8. The summed E-state index contributed by atoms with van der Waals surface area (Å²) in [5.41, 5.74) is 2.83. The van der Waals surface area contributed by atoms with E-state index in [-0.39, 0.29) is 11.1 Å². The minimum Gasteiger partial charge on any atom is -0.497 e. The number of fused-ring (bicyclic) bond motifs is 2. The van der Waals surface area contributed by atoms with Gasteiger partial charge in [0, 0.05) is 40.8 Å². The largest absolute Gasteiger partial charge is 0.497 e. The van der Waals surface area contributed by atoms with Crippen LogP contribution >= 0.6 is 0 Å². The van der Waals surface area contributed by atoms with E-state index in [1.54, 1.807) is 31.4 Å². The molecule has 0 atom stereocenters. The lowest BCUT2D eigenvalue weighted by atomic mass is 9.93. The van der Waals surface area contributed by atoms with Crippen molar-refractivity contribution in [2.75, 3.05) is 7.11 Å². The second-order valence-corrected chi connectivity index (χ2v) is 5.80. The summed E-state index contributed by atoms with van der Waals surface area (Å²) < 4.78 is 11.2. The Hall–Kier alpha value is -3.67. The van der Waals surface area contributed by atoms with Gasteiger partial charge in [0.2, 0.25) is 0 Å². The van der Waals surface area contributed by atoms with Gasteiger partial charge in [0.05, 0.1) is 12.0 Å². The molecule has 2 aromatic rings. The summed E-state index contributed by atoms with van der Waals surface area (Å²) >= 11 is 0. The first-order valence-corrected chi connectivity index (χ1v) is 7.86. The molecule has 1 heterocycles. The molecular formula is C20H13NO5. The van der Waals surface area contributed by atoms with Crippen LogP contribution in [0.15, 0.2) is 69.9 Å². The molecule has 0 fully saturated rings. The summed E-state index contributed by atoms with van der Waals surface area (Å²) in [6, 6.07) is 16.4. The first-order valence-electron chi connectivity index (χ1n) is 7.86. The highest BCUT2D eigenvalue weighted by molar-refractivity contribution is 6.02. The van der Waals surface area contributed by atoms with Crippen LogP contribution in [-0.4, -0.2) is 12.0 Å². The molecule has 26 heavy (non-hydrogen) atoms. The molecule has 1 aliphatic heterocycles. The molecule has 0 bridgehead atoms. The standard InChI is InChI=1S/C20H13NO5/c1-25-15-7-9-17-19(11-15)26-18-10-14(22)6-8-16(18)20(17)12-2-4-13(5-3-12)21(23)24/h2-11H,1H3. The van der Waals surface area contributed by atoms with Crippen LogP contribution in [-0.2, 0) is 0 Å². The van der Waals surface area contributed by atoms with Gasteiger partial charge < -0.3 is 9.15 Å². The van der Waals surface area contributed by atoms with Gasteiger partial charge in [0.15, 0.2) is 5.43 Å². The van der Waals surface area contributed by atoms with Crippen LogP contribution in [0.25, 0.3) is 33.4 Å². The molecule has 1 aliphatic carbocycles. The second kappa shape index (κ2) is 6.00. The molecule has 0 aromatic heterocycles. The fourth-order valence-corrected chi connectivity index (χ4v) is 3.04. The van der Waals surface area contributed by atoms with Crippen LogP contribution in [0.2, 0.25) is 0 Å². The Morgan fingerprint density at radius 3 is 2.46 bits per heavy atom. The van der Waals surface area contributed by atoms with Crippen LogP contribution in [0, 0.1) is 10.1 Å². The molecule has 128 valence electrons. The van der Waals surface area contributed by atoms with Gasteiger partial charge in [-0.25, -0.2) is 0 Å². The van der Waals surface area contributed by atoms with Crippen molar-refractivity contribution < 1.29 is 14.1 Å². The third-order valence-electron chi connectivity index (χ3n) is 4.27. The predicted octanol–water partition coefficient (Wildman–Crippen LogP) is 4.48. The van der Waals surface area contributed by atoms with Crippen molar-refractivity contribution in [1.29, 1.82) is 0 Å². The number of non-ortho nitro benzene ring substituents is 1. The van der Waals surface area contributed by atoms with E-state index in [0.717, 1.165) is 22.1 Å². The molecule has 2 aromatic carbocycles. The van der Waals surface area contributed by atoms with Crippen LogP contribution in [0.1, 0.15) is 0 Å². The quantitative estimate of drug-likeness (QED) is 0.310. The normalized spacial score (nSPS) is 11.0. The zero-order valence-corrected chi connectivity index (χ0v) is 13.8. The highest BCUT2D eigenvalue weighted by Gasteiger charge is 2.18. The molecule has 0 saturated heterocycles. The maximum atomic E-state index is 11.8. The van der Waals surface area contributed by atoms with E-state index in [4.69, 9.17) is 9.15 Å². The highest BCUT2D eigenvalue weighted by Crippen LogP contribution is 2.40. The maximum absolute atomic E-state index is 11.8. The van der Waals surface area contributed by atoms with Crippen LogP contribution in [0.3, 0.4) is 0 Å². The number of ether oxygens (including phenoxy) is 1. The molecule has 0 saturated carbocycles. The number of nitrogens with zero attached hydrogens (tertiary/aromatic N) is 1. The van der Waals surface area contributed by atoms with E-state index in [1.807, 2.05) is 12.1 Å². The van der Waals surface area contributed by atoms with Gasteiger partial charge in [-0.2, -0.15) is 0 Å². The molecule has 4 rings (SSSR count). The van der Waals surface area contributed by atoms with E-state index in [2.05, 4.69) is 0 Å². The molecule has 2 aliphatic rings. The number of hydrogen-bond acceptors (Lipinski definition) is 5. The summed E-state index contributed by atoms with van der Waals surface area (Å²) in [5, 5.41) is 11.7. The zero-order chi connectivity index (χ0) is 18.3. The number of benzene rings is 3. The monoisotopic (exact) mass is 347 g/mol. The second-order valence-electron chi connectivity index (χ2n) is 5.80. The average Bonchev–Trinajstić information content (AvgIpc) is 2.65. The van der Waals surface area contributed by atoms with E-state index >= 15 is 0 Å². The van der Waals surface area contributed by atoms with Crippen molar-refractivity contribution in [3.05, 3.63) is 81.0 Å². The number of nitro groups is 1. The maximum Gasteiger partial charge on any atom is 0.269 e. The van der Waals surface area contributed by atoms with E-state index in [0.29, 0.717) is 17.1 Å².